The van der Waals surface area contributed by atoms with Crippen LogP contribution in [0.15, 0.2) is 64.4 Å². The van der Waals surface area contributed by atoms with Gasteiger partial charge in [-0.1, -0.05) is 11.5 Å². The molecule has 0 aliphatic heterocycles. The Labute approximate surface area is 127 Å². The number of nitrogens with one attached hydrogen (secondary N) is 2. The largest absolute Gasteiger partial charge is 0.326 e. The minimum atomic E-state index is -3.99. The quantitative estimate of drug-likeness (QED) is 0.818. The molecule has 1 aliphatic carbocycles. The number of carbonyl (C=O) groups is 2. The highest BCUT2D eigenvalue weighted by molar-refractivity contribution is 7.90. The van der Waals surface area contributed by atoms with Crippen molar-refractivity contribution < 1.29 is 18.0 Å². The van der Waals surface area contributed by atoms with Crippen LogP contribution >= 0.6 is 0 Å². The van der Waals surface area contributed by atoms with Crippen LogP contribution in [0, 0.1) is 0 Å². The number of hydrogen-bond acceptors (Lipinski definition) is 4. The average Bonchev–Trinajstić information content (AvgIpc) is 2.47. The zero-order chi connectivity index (χ0) is 16.2. The van der Waals surface area contributed by atoms with Crippen LogP contribution in [0.2, 0.25) is 0 Å². The molecule has 1 aromatic carbocycles. The van der Waals surface area contributed by atoms with Gasteiger partial charge in [-0.05, 0) is 36.4 Å². The highest BCUT2D eigenvalue weighted by Gasteiger charge is 2.19. The summed E-state index contributed by atoms with van der Waals surface area (Å²) in [5.74, 6) is -1.02. The molecule has 2 N–H and O–H groups in total. The number of allylic oxidation sites excluding steroid dienone is 2. The molecule has 0 aromatic heterocycles. The van der Waals surface area contributed by atoms with Crippen LogP contribution in [0.1, 0.15) is 6.92 Å². The van der Waals surface area contributed by atoms with Gasteiger partial charge in [0.2, 0.25) is 5.91 Å². The van der Waals surface area contributed by atoms with Crippen molar-refractivity contribution in [2.75, 3.05) is 5.32 Å². The smallest absolute Gasteiger partial charge is 0.265 e. The summed E-state index contributed by atoms with van der Waals surface area (Å²) in [4.78, 5) is 22.7. The van der Waals surface area contributed by atoms with Gasteiger partial charge in [0.25, 0.3) is 15.9 Å². The van der Waals surface area contributed by atoms with Gasteiger partial charge < -0.3 is 5.32 Å². The van der Waals surface area contributed by atoms with E-state index >= 15 is 0 Å². The lowest BCUT2D eigenvalue weighted by atomic mass is 10.2. The Bertz CT molecular complexity index is 851. The lowest BCUT2D eigenvalue weighted by Gasteiger charge is -2.08. The van der Waals surface area contributed by atoms with E-state index in [1.807, 2.05) is 4.72 Å². The molecule has 112 valence electrons. The van der Waals surface area contributed by atoms with Gasteiger partial charge in [-0.2, -0.15) is 0 Å². The molecule has 6 nitrogen and oxygen atoms in total. The fourth-order valence-corrected chi connectivity index (χ4v) is 2.62. The number of rotatable bonds is 4. The lowest BCUT2D eigenvalue weighted by molar-refractivity contribution is -0.115. The first-order valence-electron chi connectivity index (χ1n) is 6.21. The van der Waals surface area contributed by atoms with Crippen LogP contribution in [0.3, 0.4) is 0 Å². The maximum atomic E-state index is 12.1. The van der Waals surface area contributed by atoms with Gasteiger partial charge in [0.15, 0.2) is 0 Å². The number of anilines is 1. The molecule has 0 saturated carbocycles. The first-order valence-corrected chi connectivity index (χ1v) is 7.69. The van der Waals surface area contributed by atoms with Crippen molar-refractivity contribution in [2.24, 2.45) is 0 Å². The van der Waals surface area contributed by atoms with E-state index in [4.69, 9.17) is 0 Å². The summed E-state index contributed by atoms with van der Waals surface area (Å²) in [5.41, 5.74) is 5.82. The molecule has 0 bridgehead atoms. The number of benzene rings is 1. The van der Waals surface area contributed by atoms with E-state index in [9.17, 15) is 18.0 Å². The molecule has 0 spiro atoms. The summed E-state index contributed by atoms with van der Waals surface area (Å²) >= 11 is 0. The molecule has 2 rings (SSSR count). The zero-order valence-corrected chi connectivity index (χ0v) is 12.4. The first kappa shape index (κ1) is 15.5. The third kappa shape index (κ3) is 3.84. The fourth-order valence-electron chi connectivity index (χ4n) is 1.65. The summed E-state index contributed by atoms with van der Waals surface area (Å²) in [6.45, 7) is 1.35. The van der Waals surface area contributed by atoms with Crippen molar-refractivity contribution >= 4 is 27.5 Å². The summed E-state index contributed by atoms with van der Waals surface area (Å²) in [7, 11) is -3.99. The van der Waals surface area contributed by atoms with Crippen LogP contribution < -0.4 is 10.0 Å². The summed E-state index contributed by atoms with van der Waals surface area (Å²) in [6, 6.07) is 5.47. The Balaban J connectivity index is 2.15. The molecule has 1 aliphatic rings. The molecular formula is C15H12N2O4S. The van der Waals surface area contributed by atoms with Gasteiger partial charge in [-0.15, -0.1) is 0 Å². The molecule has 1 aromatic rings. The standard InChI is InChI=1S/C15H12N2O4S/c1-11(18)16-13-7-9-14(10-8-13)22(20,21)17-15(19)12-5-3-2-4-6-12/h3,5-10H,1H3,(H,16,18)(H,17,19). The predicted octanol–water partition coefficient (Wildman–Crippen LogP) is 1.26. The Morgan fingerprint density at radius 2 is 1.77 bits per heavy atom. The van der Waals surface area contributed by atoms with Crippen molar-refractivity contribution in [3.63, 3.8) is 0 Å². The van der Waals surface area contributed by atoms with Crippen LogP contribution in [0.4, 0.5) is 5.69 Å². The molecule has 0 radical (unpaired) electrons. The molecular weight excluding hydrogens is 304 g/mol. The zero-order valence-electron chi connectivity index (χ0n) is 11.6. The van der Waals surface area contributed by atoms with Crippen molar-refractivity contribution in [3.8, 4) is 0 Å². The van der Waals surface area contributed by atoms with E-state index in [1.54, 1.807) is 0 Å². The number of carbonyl (C=O) groups excluding carboxylic acids is 2. The van der Waals surface area contributed by atoms with Gasteiger partial charge in [0.1, 0.15) is 0 Å². The van der Waals surface area contributed by atoms with Gasteiger partial charge in [0.05, 0.1) is 4.90 Å². The van der Waals surface area contributed by atoms with E-state index in [0.717, 1.165) is 0 Å². The van der Waals surface area contributed by atoms with Crippen LogP contribution in [0.25, 0.3) is 0 Å². The lowest BCUT2D eigenvalue weighted by Crippen LogP contribution is -2.31. The topological polar surface area (TPSA) is 92.3 Å². The van der Waals surface area contributed by atoms with Crippen molar-refractivity contribution in [1.29, 1.82) is 0 Å². The summed E-state index contributed by atoms with van der Waals surface area (Å²) < 4.78 is 26.2. The second kappa shape index (κ2) is 6.28. The monoisotopic (exact) mass is 316 g/mol. The van der Waals surface area contributed by atoms with Crippen LogP contribution in [-0.2, 0) is 19.6 Å². The van der Waals surface area contributed by atoms with E-state index < -0.39 is 15.9 Å². The Morgan fingerprint density at radius 1 is 1.09 bits per heavy atom. The maximum absolute atomic E-state index is 12.1. The van der Waals surface area contributed by atoms with E-state index in [1.165, 1.54) is 49.4 Å². The molecule has 0 fully saturated rings. The highest BCUT2D eigenvalue weighted by Crippen LogP contribution is 2.14. The minimum absolute atomic E-state index is 0.0820. The summed E-state index contributed by atoms with van der Waals surface area (Å²) in [6.07, 6.45) is 4.23. The second-order valence-corrected chi connectivity index (χ2v) is 6.04. The third-order valence-corrected chi connectivity index (χ3v) is 3.98. The molecule has 2 amide bonds. The Kier molecular flexibility index (Phi) is 4.44. The highest BCUT2D eigenvalue weighted by atomic mass is 32.2. The minimum Gasteiger partial charge on any atom is -0.326 e. The van der Waals surface area contributed by atoms with Crippen LogP contribution in [-0.4, -0.2) is 20.2 Å². The van der Waals surface area contributed by atoms with Crippen molar-refractivity contribution in [3.05, 3.63) is 59.5 Å². The van der Waals surface area contributed by atoms with Gasteiger partial charge in [0, 0.05) is 24.3 Å². The molecule has 0 unspecified atom stereocenters. The molecule has 22 heavy (non-hydrogen) atoms. The van der Waals surface area contributed by atoms with Gasteiger partial charge in [-0.25, -0.2) is 13.1 Å². The Hall–Kier alpha value is -2.85. The first-order chi connectivity index (χ1) is 10.4. The molecule has 7 heteroatoms. The molecule has 0 saturated heterocycles. The maximum Gasteiger partial charge on any atom is 0.265 e. The fraction of sp³-hybridized carbons (Fsp3) is 0.0667. The van der Waals surface area contributed by atoms with Gasteiger partial charge >= 0.3 is 0 Å². The molecule has 0 heterocycles. The van der Waals surface area contributed by atoms with E-state index in [-0.39, 0.29) is 16.4 Å². The van der Waals surface area contributed by atoms with Gasteiger partial charge in [-0.3, -0.25) is 9.59 Å². The average molecular weight is 316 g/mol. The van der Waals surface area contributed by atoms with Crippen molar-refractivity contribution in [2.45, 2.75) is 11.8 Å². The second-order valence-electron chi connectivity index (χ2n) is 4.36. The van der Waals surface area contributed by atoms with E-state index in [2.05, 4.69) is 16.8 Å². The normalized spacial score (nSPS) is 12.7. The molecule has 0 atom stereocenters. The van der Waals surface area contributed by atoms with Crippen molar-refractivity contribution in [1.82, 2.24) is 4.72 Å². The predicted molar refractivity (Wildman–Crippen MR) is 80.3 cm³/mol. The number of amides is 2. The summed E-state index contributed by atoms with van der Waals surface area (Å²) in [5, 5.41) is 2.52. The SMILES string of the molecule is CC(=O)Nc1ccc(S(=O)(=O)NC(=O)C2=CC=C=C=C2)cc1. The van der Waals surface area contributed by atoms with E-state index in [0.29, 0.717) is 5.69 Å². The number of sulfonamides is 1. The third-order valence-electron chi connectivity index (χ3n) is 2.63. The number of hydrogen-bond donors (Lipinski definition) is 2. The van der Waals surface area contributed by atoms with Crippen LogP contribution in [0.5, 0.6) is 0 Å². The Morgan fingerprint density at radius 3 is 2.32 bits per heavy atom.